The van der Waals surface area contributed by atoms with Gasteiger partial charge in [-0.25, -0.2) is 9.65 Å². The molecule has 0 fully saturated rings. The van der Waals surface area contributed by atoms with Crippen molar-refractivity contribution in [2.45, 2.75) is 26.3 Å². The Labute approximate surface area is 95.9 Å². The van der Waals surface area contributed by atoms with E-state index in [9.17, 15) is 4.57 Å². The lowest BCUT2D eigenvalue weighted by Gasteiger charge is -2.22. The first-order valence-electron chi connectivity index (χ1n) is 5.26. The van der Waals surface area contributed by atoms with Gasteiger partial charge in [-0.1, -0.05) is 44.2 Å². The third-order valence-electron chi connectivity index (χ3n) is 2.44. The van der Waals surface area contributed by atoms with E-state index >= 15 is 0 Å². The van der Waals surface area contributed by atoms with Crippen LogP contribution in [0.5, 0.6) is 0 Å². The average molecular weight is 243 g/mol. The Balaban J connectivity index is 2.69. The van der Waals surface area contributed by atoms with E-state index in [0.717, 1.165) is 5.56 Å². The van der Waals surface area contributed by atoms with E-state index < -0.39 is 7.75 Å². The van der Waals surface area contributed by atoms with Crippen molar-refractivity contribution in [2.24, 2.45) is 5.92 Å². The van der Waals surface area contributed by atoms with Gasteiger partial charge in [-0.05, 0) is 17.9 Å². The molecule has 5 heteroatoms. The first-order valence-corrected chi connectivity index (χ1v) is 6.87. The van der Waals surface area contributed by atoms with Crippen LogP contribution in [0.15, 0.2) is 30.3 Å². The number of hydrogen-bond acceptors (Lipinski definition) is 1. The van der Waals surface area contributed by atoms with E-state index in [-0.39, 0.29) is 12.0 Å². The molecule has 0 saturated heterocycles. The van der Waals surface area contributed by atoms with E-state index in [1.807, 2.05) is 44.2 Å². The van der Waals surface area contributed by atoms with Gasteiger partial charge >= 0.3 is 7.75 Å². The molecular weight excluding hydrogens is 225 g/mol. The summed E-state index contributed by atoms with van der Waals surface area (Å²) in [6.07, 6.45) is 0.615. The molecule has 0 heterocycles. The van der Waals surface area contributed by atoms with Gasteiger partial charge in [-0.15, -0.1) is 0 Å². The summed E-state index contributed by atoms with van der Waals surface area (Å²) in [6, 6.07) is 9.45. The van der Waals surface area contributed by atoms with Crippen LogP contribution in [0.2, 0.25) is 0 Å². The fourth-order valence-electron chi connectivity index (χ4n) is 1.51. The minimum atomic E-state index is -4.16. The minimum Gasteiger partial charge on any atom is -0.313 e. The summed E-state index contributed by atoms with van der Waals surface area (Å²) in [5.41, 5.74) is 1.07. The van der Waals surface area contributed by atoms with Gasteiger partial charge in [-0.2, -0.15) is 0 Å². The number of rotatable bonds is 5. The molecule has 1 aromatic rings. The van der Waals surface area contributed by atoms with E-state index in [1.165, 1.54) is 0 Å². The third-order valence-corrected chi connectivity index (χ3v) is 3.11. The summed E-state index contributed by atoms with van der Waals surface area (Å²) in [7, 11) is -4.16. The van der Waals surface area contributed by atoms with Crippen molar-refractivity contribution >= 4 is 7.75 Å². The van der Waals surface area contributed by atoms with Crippen molar-refractivity contribution in [3.05, 3.63) is 35.9 Å². The predicted octanol–water partition coefficient (Wildman–Crippen LogP) is 1.94. The molecule has 0 bridgehead atoms. The zero-order chi connectivity index (χ0) is 12.2. The Bertz CT molecular complexity index is 361. The van der Waals surface area contributed by atoms with Crippen molar-refractivity contribution in [1.82, 2.24) is 5.09 Å². The normalized spacial score (nSPS) is 14.1. The minimum absolute atomic E-state index is 0.160. The van der Waals surface area contributed by atoms with Crippen LogP contribution in [-0.2, 0) is 11.0 Å². The molecule has 90 valence electrons. The van der Waals surface area contributed by atoms with Crippen LogP contribution >= 0.6 is 7.75 Å². The topological polar surface area (TPSA) is 69.6 Å². The molecular formula is C11H18NO3P. The maximum Gasteiger partial charge on any atom is 0.400 e. The first kappa shape index (κ1) is 13.4. The molecule has 0 amide bonds. The molecule has 16 heavy (non-hydrogen) atoms. The van der Waals surface area contributed by atoms with E-state index in [0.29, 0.717) is 6.42 Å². The van der Waals surface area contributed by atoms with Crippen LogP contribution in [-0.4, -0.2) is 15.8 Å². The number of hydrogen-bond donors (Lipinski definition) is 3. The highest BCUT2D eigenvalue weighted by Gasteiger charge is 2.22. The van der Waals surface area contributed by atoms with E-state index in [1.54, 1.807) is 0 Å². The summed E-state index contributed by atoms with van der Waals surface area (Å²) < 4.78 is 10.9. The summed E-state index contributed by atoms with van der Waals surface area (Å²) >= 11 is 0. The van der Waals surface area contributed by atoms with Crippen LogP contribution in [0.25, 0.3) is 0 Å². The number of nitrogens with one attached hydrogen (secondary N) is 1. The van der Waals surface area contributed by atoms with Gasteiger partial charge in [0.2, 0.25) is 0 Å². The van der Waals surface area contributed by atoms with Gasteiger partial charge < -0.3 is 9.79 Å². The molecule has 0 aliphatic heterocycles. The zero-order valence-electron chi connectivity index (χ0n) is 9.50. The number of benzene rings is 1. The van der Waals surface area contributed by atoms with Crippen LogP contribution in [0, 0.1) is 5.92 Å². The van der Waals surface area contributed by atoms with Crippen LogP contribution in [0.4, 0.5) is 0 Å². The van der Waals surface area contributed by atoms with Gasteiger partial charge in [0.25, 0.3) is 0 Å². The lowest BCUT2D eigenvalue weighted by molar-refractivity contribution is 0.329. The third kappa shape index (κ3) is 4.90. The first-order chi connectivity index (χ1) is 7.38. The quantitative estimate of drug-likeness (QED) is 0.691. The standard InChI is InChI=1S/C11H18NO3P/c1-9(2)11(12-16(13,14)15)8-10-6-4-3-5-7-10/h3-7,9,11H,8H2,1-2H3,(H3,12,13,14,15). The van der Waals surface area contributed by atoms with E-state index in [2.05, 4.69) is 5.09 Å². The van der Waals surface area contributed by atoms with Gasteiger partial charge in [-0.3, -0.25) is 0 Å². The highest BCUT2D eigenvalue weighted by molar-refractivity contribution is 7.49. The summed E-state index contributed by atoms with van der Waals surface area (Å²) in [6.45, 7) is 3.88. The highest BCUT2D eigenvalue weighted by Crippen LogP contribution is 2.31. The van der Waals surface area contributed by atoms with Crippen molar-refractivity contribution in [1.29, 1.82) is 0 Å². The van der Waals surface area contributed by atoms with Gasteiger partial charge in [0.15, 0.2) is 0 Å². The molecule has 1 unspecified atom stereocenters. The van der Waals surface area contributed by atoms with Crippen molar-refractivity contribution in [3.63, 3.8) is 0 Å². The highest BCUT2D eigenvalue weighted by atomic mass is 31.2. The van der Waals surface area contributed by atoms with Gasteiger partial charge in [0, 0.05) is 6.04 Å². The second-order valence-corrected chi connectivity index (χ2v) is 5.56. The fraction of sp³-hybridized carbons (Fsp3) is 0.455. The molecule has 0 aromatic heterocycles. The van der Waals surface area contributed by atoms with Crippen molar-refractivity contribution in [2.75, 3.05) is 0 Å². The van der Waals surface area contributed by atoms with Gasteiger partial charge in [0.1, 0.15) is 0 Å². The van der Waals surface area contributed by atoms with E-state index in [4.69, 9.17) is 9.79 Å². The largest absolute Gasteiger partial charge is 0.400 e. The molecule has 3 N–H and O–H groups in total. The van der Waals surface area contributed by atoms with Crippen molar-refractivity contribution in [3.8, 4) is 0 Å². The summed E-state index contributed by atoms with van der Waals surface area (Å²) in [5, 5.41) is 2.37. The smallest absolute Gasteiger partial charge is 0.313 e. The second kappa shape index (κ2) is 5.60. The Morgan fingerprint density at radius 1 is 1.25 bits per heavy atom. The van der Waals surface area contributed by atoms with Crippen LogP contribution in [0.1, 0.15) is 19.4 Å². The lowest BCUT2D eigenvalue weighted by Crippen LogP contribution is -2.33. The maximum absolute atomic E-state index is 10.9. The Kier molecular flexibility index (Phi) is 4.69. The molecule has 0 saturated carbocycles. The molecule has 0 aliphatic rings. The predicted molar refractivity (Wildman–Crippen MR) is 64.0 cm³/mol. The molecule has 0 aliphatic carbocycles. The summed E-state index contributed by atoms with van der Waals surface area (Å²) in [4.78, 5) is 17.8. The van der Waals surface area contributed by atoms with Crippen molar-refractivity contribution < 1.29 is 14.4 Å². The van der Waals surface area contributed by atoms with Gasteiger partial charge in [0.05, 0.1) is 0 Å². The molecule has 1 aromatic carbocycles. The molecule has 1 rings (SSSR count). The molecule has 0 spiro atoms. The molecule has 1 atom stereocenters. The van der Waals surface area contributed by atoms with Crippen LogP contribution < -0.4 is 5.09 Å². The summed E-state index contributed by atoms with van der Waals surface area (Å²) in [5.74, 6) is 0.160. The Hall–Kier alpha value is -0.670. The second-order valence-electron chi connectivity index (χ2n) is 4.21. The fourth-order valence-corrected chi connectivity index (χ4v) is 2.34. The average Bonchev–Trinajstić information content (AvgIpc) is 2.16. The monoisotopic (exact) mass is 243 g/mol. The molecule has 4 nitrogen and oxygen atoms in total. The van der Waals surface area contributed by atoms with Crippen LogP contribution in [0.3, 0.4) is 0 Å². The Morgan fingerprint density at radius 3 is 2.25 bits per heavy atom. The maximum atomic E-state index is 10.9. The molecule has 0 radical (unpaired) electrons. The SMILES string of the molecule is CC(C)C(Cc1ccccc1)NP(=O)(O)O. The zero-order valence-corrected chi connectivity index (χ0v) is 10.4. The lowest BCUT2D eigenvalue weighted by atomic mass is 9.97. The Morgan fingerprint density at radius 2 is 1.81 bits per heavy atom.